The van der Waals surface area contributed by atoms with Crippen molar-refractivity contribution in [2.45, 2.75) is 32.6 Å². The van der Waals surface area contributed by atoms with Gasteiger partial charge in [0.1, 0.15) is 11.5 Å². The Morgan fingerprint density at radius 2 is 2.13 bits per heavy atom. The standard InChI is InChI=1S/C15H20N2O5S/c1-9-13(14-11(18)3-2-4-12(14)22-9)15(19)17-6-5-10(7-17)8-23(16,20)21/h10H,2-8H2,1H3,(H2,16,20,21). The maximum absolute atomic E-state index is 12.8. The van der Waals surface area contributed by atoms with Crippen LogP contribution in [0.2, 0.25) is 0 Å². The molecule has 1 fully saturated rings. The number of carbonyl (C=O) groups is 2. The van der Waals surface area contributed by atoms with Crippen LogP contribution < -0.4 is 5.14 Å². The van der Waals surface area contributed by atoms with E-state index in [1.807, 2.05) is 0 Å². The number of sulfonamides is 1. The van der Waals surface area contributed by atoms with Crippen LogP contribution in [0, 0.1) is 12.8 Å². The van der Waals surface area contributed by atoms with Crippen molar-refractivity contribution >= 4 is 21.7 Å². The average molecular weight is 340 g/mol. The van der Waals surface area contributed by atoms with Crippen molar-refractivity contribution in [3.05, 3.63) is 22.6 Å². The molecular formula is C15H20N2O5S. The van der Waals surface area contributed by atoms with Crippen LogP contribution in [0.5, 0.6) is 0 Å². The number of ketones is 1. The number of nitrogens with two attached hydrogens (primary N) is 1. The third-order valence-electron chi connectivity index (χ3n) is 4.50. The molecule has 23 heavy (non-hydrogen) atoms. The molecule has 1 aromatic rings. The van der Waals surface area contributed by atoms with Crippen molar-refractivity contribution in [2.24, 2.45) is 11.1 Å². The summed E-state index contributed by atoms with van der Waals surface area (Å²) >= 11 is 0. The summed E-state index contributed by atoms with van der Waals surface area (Å²) in [6.07, 6.45) is 2.44. The molecule has 0 spiro atoms. The molecule has 2 heterocycles. The second-order valence-electron chi connectivity index (χ2n) is 6.34. The van der Waals surface area contributed by atoms with Gasteiger partial charge in [-0.25, -0.2) is 13.6 Å². The highest BCUT2D eigenvalue weighted by molar-refractivity contribution is 7.89. The SMILES string of the molecule is Cc1oc2c(c1C(=O)N1CCC(CS(N)(=O)=O)C1)C(=O)CCC2. The number of fused-ring (bicyclic) bond motifs is 1. The van der Waals surface area contributed by atoms with Crippen LogP contribution in [0.1, 0.15) is 51.5 Å². The number of hydrogen-bond donors (Lipinski definition) is 1. The second-order valence-corrected chi connectivity index (χ2v) is 8.00. The van der Waals surface area contributed by atoms with Gasteiger partial charge in [0, 0.05) is 25.9 Å². The number of Topliss-reactive ketones (excluding diaryl/α,β-unsaturated/α-hetero) is 1. The van der Waals surface area contributed by atoms with Gasteiger partial charge in [-0.1, -0.05) is 0 Å². The molecule has 1 aromatic heterocycles. The minimum atomic E-state index is -3.55. The highest BCUT2D eigenvalue weighted by Gasteiger charge is 2.35. The predicted octanol–water partition coefficient (Wildman–Crippen LogP) is 0.858. The molecule has 1 amide bonds. The molecule has 7 nitrogen and oxygen atoms in total. The van der Waals surface area contributed by atoms with Crippen molar-refractivity contribution in [1.29, 1.82) is 0 Å². The Bertz CT molecular complexity index is 765. The van der Waals surface area contributed by atoms with E-state index >= 15 is 0 Å². The minimum Gasteiger partial charge on any atom is -0.465 e. The first-order chi connectivity index (χ1) is 10.8. The number of aryl methyl sites for hydroxylation is 2. The summed E-state index contributed by atoms with van der Waals surface area (Å²) in [6.45, 7) is 2.49. The summed E-state index contributed by atoms with van der Waals surface area (Å²) in [4.78, 5) is 26.5. The molecule has 2 aliphatic rings. The quantitative estimate of drug-likeness (QED) is 0.877. The summed E-state index contributed by atoms with van der Waals surface area (Å²) in [7, 11) is -3.55. The van der Waals surface area contributed by atoms with Crippen LogP contribution >= 0.6 is 0 Å². The highest BCUT2D eigenvalue weighted by atomic mass is 32.2. The summed E-state index contributed by atoms with van der Waals surface area (Å²) in [6, 6.07) is 0. The van der Waals surface area contributed by atoms with E-state index in [9.17, 15) is 18.0 Å². The lowest BCUT2D eigenvalue weighted by Gasteiger charge is -2.17. The molecule has 2 N–H and O–H groups in total. The number of primary sulfonamides is 1. The summed E-state index contributed by atoms with van der Waals surface area (Å²) in [5.74, 6) is 0.477. The largest absolute Gasteiger partial charge is 0.465 e. The van der Waals surface area contributed by atoms with E-state index in [2.05, 4.69) is 0 Å². The zero-order valence-electron chi connectivity index (χ0n) is 13.0. The van der Waals surface area contributed by atoms with E-state index in [4.69, 9.17) is 9.56 Å². The molecule has 1 atom stereocenters. The molecule has 1 aliphatic heterocycles. The van der Waals surface area contributed by atoms with Crippen LogP contribution in [0.4, 0.5) is 0 Å². The normalized spacial score (nSPS) is 21.6. The van der Waals surface area contributed by atoms with Gasteiger partial charge < -0.3 is 9.32 Å². The van der Waals surface area contributed by atoms with Crippen molar-refractivity contribution in [3.8, 4) is 0 Å². The highest BCUT2D eigenvalue weighted by Crippen LogP contribution is 2.31. The molecule has 0 radical (unpaired) electrons. The Balaban J connectivity index is 1.82. The van der Waals surface area contributed by atoms with E-state index in [0.717, 1.165) is 6.42 Å². The smallest absolute Gasteiger partial charge is 0.258 e. The van der Waals surface area contributed by atoms with Crippen molar-refractivity contribution in [3.63, 3.8) is 0 Å². The van der Waals surface area contributed by atoms with Gasteiger partial charge in [-0.2, -0.15) is 0 Å². The van der Waals surface area contributed by atoms with Gasteiger partial charge in [-0.05, 0) is 25.7 Å². The Labute approximate surface area is 134 Å². The second kappa shape index (κ2) is 5.76. The molecule has 1 saturated heterocycles. The van der Waals surface area contributed by atoms with E-state index in [1.165, 1.54) is 0 Å². The van der Waals surface area contributed by atoms with Gasteiger partial charge in [0.25, 0.3) is 5.91 Å². The lowest BCUT2D eigenvalue weighted by atomic mass is 9.93. The molecular weight excluding hydrogens is 320 g/mol. The van der Waals surface area contributed by atoms with Crippen molar-refractivity contribution in [1.82, 2.24) is 4.90 Å². The first-order valence-electron chi connectivity index (χ1n) is 7.71. The molecule has 0 saturated carbocycles. The van der Waals surface area contributed by atoms with Crippen LogP contribution in [-0.4, -0.2) is 43.9 Å². The first kappa shape index (κ1) is 16.2. The Kier molecular flexibility index (Phi) is 4.05. The Morgan fingerprint density at radius 1 is 1.39 bits per heavy atom. The molecule has 3 rings (SSSR count). The van der Waals surface area contributed by atoms with Gasteiger partial charge in [0.2, 0.25) is 10.0 Å². The zero-order valence-corrected chi connectivity index (χ0v) is 13.8. The number of rotatable bonds is 3. The summed E-state index contributed by atoms with van der Waals surface area (Å²) < 4.78 is 28.0. The third-order valence-corrected chi connectivity index (χ3v) is 5.43. The van der Waals surface area contributed by atoms with E-state index in [1.54, 1.807) is 11.8 Å². The number of furan rings is 1. The van der Waals surface area contributed by atoms with Gasteiger partial charge >= 0.3 is 0 Å². The molecule has 1 aliphatic carbocycles. The fourth-order valence-electron chi connectivity index (χ4n) is 3.51. The van der Waals surface area contributed by atoms with E-state index in [0.29, 0.717) is 55.0 Å². The van der Waals surface area contributed by atoms with Crippen LogP contribution in [0.25, 0.3) is 0 Å². The lowest BCUT2D eigenvalue weighted by molar-refractivity contribution is 0.0780. The van der Waals surface area contributed by atoms with Gasteiger partial charge in [-0.15, -0.1) is 0 Å². The molecule has 1 unspecified atom stereocenters. The molecule has 0 aromatic carbocycles. The summed E-state index contributed by atoms with van der Waals surface area (Å²) in [5, 5.41) is 5.07. The fourth-order valence-corrected chi connectivity index (χ4v) is 4.43. The van der Waals surface area contributed by atoms with Crippen LogP contribution in [0.3, 0.4) is 0 Å². The van der Waals surface area contributed by atoms with Crippen molar-refractivity contribution < 1.29 is 22.4 Å². The Morgan fingerprint density at radius 3 is 2.83 bits per heavy atom. The third kappa shape index (κ3) is 3.18. The fraction of sp³-hybridized carbons (Fsp3) is 0.600. The number of nitrogens with zero attached hydrogens (tertiary/aromatic N) is 1. The number of carbonyl (C=O) groups excluding carboxylic acids is 2. The average Bonchev–Trinajstić information content (AvgIpc) is 3.01. The summed E-state index contributed by atoms with van der Waals surface area (Å²) in [5.41, 5.74) is 0.773. The van der Waals surface area contributed by atoms with Crippen LogP contribution in [0.15, 0.2) is 4.42 Å². The number of likely N-dealkylation sites (tertiary alicyclic amines) is 1. The van der Waals surface area contributed by atoms with Crippen molar-refractivity contribution in [2.75, 3.05) is 18.8 Å². The van der Waals surface area contributed by atoms with Gasteiger partial charge in [0.05, 0.1) is 16.9 Å². The minimum absolute atomic E-state index is 0.0493. The van der Waals surface area contributed by atoms with Gasteiger partial charge in [-0.3, -0.25) is 9.59 Å². The zero-order chi connectivity index (χ0) is 16.8. The Hall–Kier alpha value is -1.67. The number of amides is 1. The topological polar surface area (TPSA) is 111 Å². The molecule has 0 bridgehead atoms. The monoisotopic (exact) mass is 340 g/mol. The predicted molar refractivity (Wildman–Crippen MR) is 82.7 cm³/mol. The molecule has 126 valence electrons. The first-order valence-corrected chi connectivity index (χ1v) is 9.43. The molecule has 8 heteroatoms. The maximum Gasteiger partial charge on any atom is 0.258 e. The van der Waals surface area contributed by atoms with E-state index < -0.39 is 10.0 Å². The maximum atomic E-state index is 12.8. The van der Waals surface area contributed by atoms with E-state index in [-0.39, 0.29) is 23.4 Å². The van der Waals surface area contributed by atoms with Crippen LogP contribution in [-0.2, 0) is 16.4 Å². The van der Waals surface area contributed by atoms with Gasteiger partial charge in [0.15, 0.2) is 5.78 Å². The number of hydrogen-bond acceptors (Lipinski definition) is 5. The lowest BCUT2D eigenvalue weighted by Crippen LogP contribution is -2.32.